The van der Waals surface area contributed by atoms with E-state index in [4.69, 9.17) is 0 Å². The summed E-state index contributed by atoms with van der Waals surface area (Å²) in [6.45, 7) is 6.98. The predicted octanol–water partition coefficient (Wildman–Crippen LogP) is 2.17. The lowest BCUT2D eigenvalue weighted by Crippen LogP contribution is -2.44. The normalized spacial score (nSPS) is 26.4. The van der Waals surface area contributed by atoms with Gasteiger partial charge in [0.1, 0.15) is 0 Å². The Morgan fingerprint density at radius 3 is 2.70 bits per heavy atom. The Bertz CT molecular complexity index is 469. The van der Waals surface area contributed by atoms with Crippen molar-refractivity contribution in [2.75, 3.05) is 19.6 Å². The molecule has 3 heteroatoms. The third-order valence-corrected chi connectivity index (χ3v) is 4.92. The van der Waals surface area contributed by atoms with E-state index in [0.29, 0.717) is 12.0 Å². The summed E-state index contributed by atoms with van der Waals surface area (Å²) in [7, 11) is 0. The molecule has 0 spiro atoms. The minimum absolute atomic E-state index is 0.264. The van der Waals surface area contributed by atoms with Crippen molar-refractivity contribution in [3.05, 3.63) is 35.9 Å². The van der Waals surface area contributed by atoms with E-state index in [1.165, 1.54) is 12.8 Å². The van der Waals surface area contributed by atoms with Crippen molar-refractivity contribution in [1.29, 1.82) is 0 Å². The zero-order chi connectivity index (χ0) is 14.2. The van der Waals surface area contributed by atoms with Gasteiger partial charge in [-0.15, -0.1) is 0 Å². The third-order valence-electron chi connectivity index (χ3n) is 4.92. The van der Waals surface area contributed by atoms with E-state index in [-0.39, 0.29) is 5.91 Å². The molecule has 20 heavy (non-hydrogen) atoms. The number of hydrogen-bond acceptors (Lipinski definition) is 2. The van der Waals surface area contributed by atoms with Gasteiger partial charge in [0.25, 0.3) is 0 Å². The second-order valence-corrected chi connectivity index (χ2v) is 6.66. The maximum atomic E-state index is 12.9. The van der Waals surface area contributed by atoms with Crippen LogP contribution in [0, 0.1) is 5.92 Å². The smallest absolute Gasteiger partial charge is 0.232 e. The molecule has 2 aliphatic rings. The fourth-order valence-corrected chi connectivity index (χ4v) is 3.59. The molecule has 0 bridgehead atoms. The van der Waals surface area contributed by atoms with Crippen LogP contribution in [0.1, 0.15) is 32.3 Å². The maximum absolute atomic E-state index is 12.9. The number of benzene rings is 1. The second-order valence-electron chi connectivity index (χ2n) is 6.66. The number of likely N-dealkylation sites (tertiary alicyclic amines) is 1. The van der Waals surface area contributed by atoms with E-state index in [1.54, 1.807) is 0 Å². The van der Waals surface area contributed by atoms with Gasteiger partial charge in [0.15, 0.2) is 0 Å². The topological polar surface area (TPSA) is 32.3 Å². The lowest BCUT2D eigenvalue weighted by atomic mass is 9.83. The van der Waals surface area contributed by atoms with E-state index in [9.17, 15) is 4.79 Å². The lowest BCUT2D eigenvalue weighted by molar-refractivity contribution is -0.135. The van der Waals surface area contributed by atoms with Crippen molar-refractivity contribution in [2.24, 2.45) is 5.92 Å². The summed E-state index contributed by atoms with van der Waals surface area (Å²) in [5, 5.41) is 3.56. The first-order valence-corrected chi connectivity index (χ1v) is 7.67. The van der Waals surface area contributed by atoms with Crippen molar-refractivity contribution in [3.8, 4) is 0 Å². The molecule has 2 atom stereocenters. The fourth-order valence-electron chi connectivity index (χ4n) is 3.59. The third kappa shape index (κ3) is 2.35. The van der Waals surface area contributed by atoms with Crippen LogP contribution in [-0.4, -0.2) is 36.5 Å². The lowest BCUT2D eigenvalue weighted by Gasteiger charge is -2.29. The molecule has 1 amide bonds. The molecule has 0 aliphatic carbocycles. The van der Waals surface area contributed by atoms with E-state index in [0.717, 1.165) is 25.2 Å². The SMILES string of the molecule is CC(C)(C(=O)N1CC2CCCNC2C1)c1ccccc1. The Morgan fingerprint density at radius 2 is 2.00 bits per heavy atom. The van der Waals surface area contributed by atoms with Gasteiger partial charge in [0.2, 0.25) is 5.91 Å². The van der Waals surface area contributed by atoms with Crippen LogP contribution >= 0.6 is 0 Å². The van der Waals surface area contributed by atoms with E-state index in [2.05, 4.69) is 22.3 Å². The molecule has 2 saturated heterocycles. The molecule has 1 aromatic rings. The minimum Gasteiger partial charge on any atom is -0.340 e. The number of rotatable bonds is 2. The van der Waals surface area contributed by atoms with Crippen LogP contribution in [0.25, 0.3) is 0 Å². The van der Waals surface area contributed by atoms with Crippen LogP contribution < -0.4 is 5.32 Å². The first kappa shape index (κ1) is 13.6. The first-order chi connectivity index (χ1) is 9.59. The van der Waals surface area contributed by atoms with Gasteiger partial charge in [-0.1, -0.05) is 30.3 Å². The molecule has 1 N–H and O–H groups in total. The number of nitrogens with one attached hydrogen (secondary N) is 1. The van der Waals surface area contributed by atoms with Crippen molar-refractivity contribution in [2.45, 2.75) is 38.1 Å². The zero-order valence-corrected chi connectivity index (χ0v) is 12.4. The van der Waals surface area contributed by atoms with E-state index < -0.39 is 5.41 Å². The molecule has 2 aliphatic heterocycles. The number of amides is 1. The van der Waals surface area contributed by atoms with Gasteiger partial charge in [-0.25, -0.2) is 0 Å². The molecule has 2 heterocycles. The van der Waals surface area contributed by atoms with Crippen LogP contribution in [0.3, 0.4) is 0 Å². The molecule has 0 saturated carbocycles. The van der Waals surface area contributed by atoms with Crippen molar-refractivity contribution in [1.82, 2.24) is 10.2 Å². The molecular formula is C17H24N2O. The monoisotopic (exact) mass is 272 g/mol. The predicted molar refractivity (Wildman–Crippen MR) is 80.6 cm³/mol. The average Bonchev–Trinajstić information content (AvgIpc) is 2.91. The molecule has 2 unspecified atom stereocenters. The zero-order valence-electron chi connectivity index (χ0n) is 12.4. The summed E-state index contributed by atoms with van der Waals surface area (Å²) in [5.41, 5.74) is 0.669. The average molecular weight is 272 g/mol. The van der Waals surface area contributed by atoms with Gasteiger partial charge in [0.05, 0.1) is 5.41 Å². The summed E-state index contributed by atoms with van der Waals surface area (Å²) in [6, 6.07) is 10.6. The summed E-state index contributed by atoms with van der Waals surface area (Å²) in [4.78, 5) is 15.0. The molecule has 0 aromatic heterocycles. The molecule has 3 nitrogen and oxygen atoms in total. The molecule has 108 valence electrons. The molecular weight excluding hydrogens is 248 g/mol. The van der Waals surface area contributed by atoms with Gasteiger partial charge in [-0.3, -0.25) is 4.79 Å². The van der Waals surface area contributed by atoms with Gasteiger partial charge < -0.3 is 10.2 Å². The highest BCUT2D eigenvalue weighted by atomic mass is 16.2. The van der Waals surface area contributed by atoms with E-state index >= 15 is 0 Å². The standard InChI is InChI=1S/C17H24N2O/c1-17(2,14-8-4-3-5-9-14)16(20)19-11-13-7-6-10-18-15(13)12-19/h3-5,8-9,13,15,18H,6-7,10-12H2,1-2H3. The largest absolute Gasteiger partial charge is 0.340 e. The molecule has 1 aromatic carbocycles. The van der Waals surface area contributed by atoms with Crippen LogP contribution in [0.2, 0.25) is 0 Å². The molecule has 3 rings (SSSR count). The Labute approximate surface area is 121 Å². The second kappa shape index (κ2) is 5.21. The Hall–Kier alpha value is -1.35. The first-order valence-electron chi connectivity index (χ1n) is 7.67. The van der Waals surface area contributed by atoms with Gasteiger partial charge in [-0.05, 0) is 44.7 Å². The highest BCUT2D eigenvalue weighted by molar-refractivity contribution is 5.87. The molecule has 0 radical (unpaired) electrons. The fraction of sp³-hybridized carbons (Fsp3) is 0.588. The van der Waals surface area contributed by atoms with Crippen LogP contribution in [0.5, 0.6) is 0 Å². The number of carbonyl (C=O) groups excluding carboxylic acids is 1. The van der Waals surface area contributed by atoms with Crippen molar-refractivity contribution < 1.29 is 4.79 Å². The Kier molecular flexibility index (Phi) is 3.55. The summed E-state index contributed by atoms with van der Waals surface area (Å²) in [5.74, 6) is 0.916. The van der Waals surface area contributed by atoms with Gasteiger partial charge >= 0.3 is 0 Å². The van der Waals surface area contributed by atoms with Crippen molar-refractivity contribution >= 4 is 5.91 Å². The maximum Gasteiger partial charge on any atom is 0.232 e. The van der Waals surface area contributed by atoms with Gasteiger partial charge in [-0.2, -0.15) is 0 Å². The number of carbonyl (C=O) groups is 1. The number of piperidine rings is 1. The summed E-state index contributed by atoms with van der Waals surface area (Å²) in [6.07, 6.45) is 2.50. The summed E-state index contributed by atoms with van der Waals surface area (Å²) < 4.78 is 0. The highest BCUT2D eigenvalue weighted by Crippen LogP contribution is 2.31. The number of fused-ring (bicyclic) bond motifs is 1. The van der Waals surface area contributed by atoms with Gasteiger partial charge in [0, 0.05) is 19.1 Å². The number of hydrogen-bond donors (Lipinski definition) is 1. The molecule has 2 fully saturated rings. The van der Waals surface area contributed by atoms with Crippen LogP contribution in [0.15, 0.2) is 30.3 Å². The van der Waals surface area contributed by atoms with Crippen LogP contribution in [0.4, 0.5) is 0 Å². The van der Waals surface area contributed by atoms with Crippen molar-refractivity contribution in [3.63, 3.8) is 0 Å². The van der Waals surface area contributed by atoms with E-state index in [1.807, 2.05) is 32.0 Å². The minimum atomic E-state index is -0.436. The number of nitrogens with zero attached hydrogens (tertiary/aromatic N) is 1. The highest BCUT2D eigenvalue weighted by Gasteiger charge is 2.41. The quantitative estimate of drug-likeness (QED) is 0.895. The summed E-state index contributed by atoms with van der Waals surface area (Å²) >= 11 is 0. The Balaban J connectivity index is 1.76. The van der Waals surface area contributed by atoms with Crippen LogP contribution in [-0.2, 0) is 10.2 Å². The Morgan fingerprint density at radius 1 is 1.25 bits per heavy atom.